The first-order chi connectivity index (χ1) is 53.1. The second-order valence-corrected chi connectivity index (χ2v) is 30.2. The van der Waals surface area contributed by atoms with Gasteiger partial charge in [-0.15, -0.1) is 0 Å². The maximum Gasteiger partial charge on any atom is 0.136 e. The molecule has 0 aliphatic heterocycles. The Morgan fingerprint density at radius 1 is 0.204 bits per heavy atom. The molecule has 510 valence electrons. The normalized spacial score (nSPS) is 13.1. The predicted octanol–water partition coefficient (Wildman–Crippen LogP) is 29.3. The van der Waals surface area contributed by atoms with Crippen molar-refractivity contribution in [1.82, 2.24) is 0 Å². The van der Waals surface area contributed by atoms with Crippen LogP contribution in [0.2, 0.25) is 0 Å². The summed E-state index contributed by atoms with van der Waals surface area (Å²) in [5.41, 5.74) is 33.7. The van der Waals surface area contributed by atoms with E-state index in [0.29, 0.717) is 0 Å². The van der Waals surface area contributed by atoms with E-state index < -0.39 is 0 Å². The Kier molecular flexibility index (Phi) is 14.3. The van der Waals surface area contributed by atoms with Gasteiger partial charge in [-0.3, -0.25) is 0 Å². The lowest BCUT2D eigenvalue weighted by atomic mass is 9.82. The molecule has 0 atom stereocenters. The fraction of sp³-hybridized carbons (Fsp3) is 0.0577. The van der Waals surface area contributed by atoms with Crippen LogP contribution >= 0.6 is 0 Å². The summed E-state index contributed by atoms with van der Waals surface area (Å²) in [6, 6.07) is 134. The van der Waals surface area contributed by atoms with E-state index in [2.05, 4.69) is 395 Å². The van der Waals surface area contributed by atoms with E-state index in [9.17, 15) is 0 Å². The molecule has 2 aliphatic carbocycles. The first-order valence-electron chi connectivity index (χ1n) is 37.5. The molecule has 0 fully saturated rings. The number of hydrogen-bond acceptors (Lipinski definition) is 4. The number of hydrogen-bond donors (Lipinski definition) is 0. The highest BCUT2D eigenvalue weighted by molar-refractivity contribution is 6.13. The van der Waals surface area contributed by atoms with Crippen molar-refractivity contribution >= 4 is 99.5 Å². The van der Waals surface area contributed by atoms with Gasteiger partial charge in [0.1, 0.15) is 22.3 Å². The topological polar surface area (TPSA) is 32.8 Å². The summed E-state index contributed by atoms with van der Waals surface area (Å²) in [5.74, 6) is 0. The van der Waals surface area contributed by atoms with Gasteiger partial charge in [-0.05, 0) is 196 Å². The van der Waals surface area contributed by atoms with Crippen molar-refractivity contribution in [3.8, 4) is 89.0 Å². The van der Waals surface area contributed by atoms with Crippen molar-refractivity contribution in [2.24, 2.45) is 0 Å². The van der Waals surface area contributed by atoms with Crippen molar-refractivity contribution in [1.29, 1.82) is 0 Å². The number of rotatable bonds is 12. The summed E-state index contributed by atoms with van der Waals surface area (Å²) >= 11 is 0. The van der Waals surface area contributed by atoms with E-state index in [4.69, 9.17) is 8.83 Å². The lowest BCUT2D eigenvalue weighted by Crippen LogP contribution is -2.15. The highest BCUT2D eigenvalue weighted by atomic mass is 16.3. The quantitative estimate of drug-likeness (QED) is 0.122. The zero-order valence-electron chi connectivity index (χ0n) is 60.4. The lowest BCUT2D eigenvalue weighted by molar-refractivity contribution is 0.660. The summed E-state index contributed by atoms with van der Waals surface area (Å²) in [4.78, 5) is 5.00. The van der Waals surface area contributed by atoms with Gasteiger partial charge in [0, 0.05) is 65.7 Å². The molecule has 0 saturated carbocycles. The van der Waals surface area contributed by atoms with Crippen molar-refractivity contribution < 1.29 is 8.83 Å². The van der Waals surface area contributed by atoms with Gasteiger partial charge in [0.05, 0.1) is 28.4 Å². The van der Waals surface area contributed by atoms with E-state index >= 15 is 0 Å². The van der Waals surface area contributed by atoms with Crippen LogP contribution in [0.15, 0.2) is 373 Å². The molecule has 0 radical (unpaired) electrons. The molecule has 0 spiro atoms. The molecule has 2 heterocycles. The van der Waals surface area contributed by atoms with Crippen molar-refractivity contribution in [2.45, 2.75) is 38.5 Å². The highest BCUT2D eigenvalue weighted by Crippen LogP contribution is 2.58. The fourth-order valence-corrected chi connectivity index (χ4v) is 18.3. The Morgan fingerprint density at radius 3 is 1.22 bits per heavy atom. The standard InChI is InChI=1S/C104H72N2O2/c1-103(2)88-38-16-9-34-84(88)101-82(36-23-40-90(101)103)78-31-13-20-44-94(78)105(72-54-49-66(50-55-72)68-48-47-65-25-5-6-26-67(65)61-68)92-42-18-11-27-74(92)69-53-60-99-87(63-69)81-56-51-71(64-100(81)108-99)73-57-58-96(77-30-8-7-29-76(73)77)106(93-43-19-12-28-75(93)70-52-59-98-86(62-70)80-33-15-22-46-97(80)107-98)95-45-21-14-32-79(95)83-37-24-41-91-102(83)85-35-10-17-39-89(85)104(91,3)4/h5-64H,1-4H3. The monoisotopic (exact) mass is 1380 g/mol. The van der Waals surface area contributed by atoms with Crippen LogP contribution in [0, 0.1) is 0 Å². The molecule has 0 unspecified atom stereocenters. The first-order valence-corrected chi connectivity index (χ1v) is 37.5. The second kappa shape index (κ2) is 24.5. The van der Waals surface area contributed by atoms with Crippen molar-refractivity contribution in [3.63, 3.8) is 0 Å². The van der Waals surface area contributed by atoms with Gasteiger partial charge >= 0.3 is 0 Å². The fourth-order valence-electron chi connectivity index (χ4n) is 18.3. The summed E-state index contributed by atoms with van der Waals surface area (Å²) in [7, 11) is 0. The van der Waals surface area contributed by atoms with E-state index in [1.165, 1.54) is 72.0 Å². The van der Waals surface area contributed by atoms with E-state index in [1.54, 1.807) is 0 Å². The minimum atomic E-state index is -0.172. The second-order valence-electron chi connectivity index (χ2n) is 30.2. The molecule has 19 aromatic rings. The molecular formula is C104H72N2O2. The molecule has 2 aliphatic rings. The molecule has 2 aromatic heterocycles. The van der Waals surface area contributed by atoms with Gasteiger partial charge < -0.3 is 18.6 Å². The molecule has 17 aromatic carbocycles. The summed E-state index contributed by atoms with van der Waals surface area (Å²) in [6.45, 7) is 9.46. The van der Waals surface area contributed by atoms with Gasteiger partial charge in [0.15, 0.2) is 0 Å². The third-order valence-electron chi connectivity index (χ3n) is 23.5. The number of benzene rings is 17. The smallest absolute Gasteiger partial charge is 0.136 e. The van der Waals surface area contributed by atoms with E-state index in [0.717, 1.165) is 139 Å². The van der Waals surface area contributed by atoms with E-state index in [-0.39, 0.29) is 10.8 Å². The average Bonchev–Trinajstić information content (AvgIpc) is 1.39. The Bertz CT molecular complexity index is 6900. The Morgan fingerprint density at radius 2 is 0.611 bits per heavy atom. The Balaban J connectivity index is 0.695. The Hall–Kier alpha value is -13.5. The summed E-state index contributed by atoms with van der Waals surface area (Å²) in [5, 5.41) is 9.01. The third-order valence-corrected chi connectivity index (χ3v) is 23.5. The lowest BCUT2D eigenvalue weighted by Gasteiger charge is -2.31. The van der Waals surface area contributed by atoms with Gasteiger partial charge in [-0.2, -0.15) is 0 Å². The molecule has 0 amide bonds. The number of fused-ring (bicyclic) bond motifs is 14. The van der Waals surface area contributed by atoms with Gasteiger partial charge in [0.2, 0.25) is 0 Å². The highest BCUT2D eigenvalue weighted by Gasteiger charge is 2.39. The van der Waals surface area contributed by atoms with Crippen LogP contribution in [-0.4, -0.2) is 0 Å². The molecular weight excluding hydrogens is 1310 g/mol. The summed E-state index contributed by atoms with van der Waals surface area (Å²) < 4.78 is 13.4. The van der Waals surface area contributed by atoms with Gasteiger partial charge in [-0.1, -0.05) is 301 Å². The molecule has 0 bridgehead atoms. The number of para-hydroxylation sites is 5. The first kappa shape index (κ1) is 63.0. The zero-order chi connectivity index (χ0) is 71.9. The maximum absolute atomic E-state index is 7.02. The number of nitrogens with zero attached hydrogens (tertiary/aromatic N) is 2. The maximum atomic E-state index is 7.02. The zero-order valence-corrected chi connectivity index (χ0v) is 60.4. The molecule has 4 nitrogen and oxygen atoms in total. The molecule has 0 saturated heterocycles. The van der Waals surface area contributed by atoms with Gasteiger partial charge in [0.25, 0.3) is 0 Å². The van der Waals surface area contributed by atoms with Crippen LogP contribution in [0.1, 0.15) is 49.9 Å². The molecule has 108 heavy (non-hydrogen) atoms. The molecule has 0 N–H and O–H groups in total. The largest absolute Gasteiger partial charge is 0.456 e. The minimum Gasteiger partial charge on any atom is -0.456 e. The van der Waals surface area contributed by atoms with Crippen molar-refractivity contribution in [3.05, 3.63) is 386 Å². The van der Waals surface area contributed by atoms with Crippen LogP contribution in [-0.2, 0) is 10.8 Å². The Labute approximate surface area is 627 Å². The SMILES string of the molecule is CC1(C)c2ccccc2-c2c(-c3ccccc3N(c3ccc(-c4ccc5ccccc5c4)cc3)c3ccccc3-c3ccc4oc5cc(-c6ccc(N(c7ccccc7-c7ccc8oc9ccccc9c8c7)c7ccccc7-c7cccc8c7-c7ccccc7C8(C)C)c7ccccc67)ccc5c4c3)cccc21. The number of furan rings is 2. The summed E-state index contributed by atoms with van der Waals surface area (Å²) in [6.07, 6.45) is 0. The number of anilines is 6. The van der Waals surface area contributed by atoms with Crippen LogP contribution in [0.4, 0.5) is 34.1 Å². The van der Waals surface area contributed by atoms with Crippen LogP contribution in [0.25, 0.3) is 154 Å². The van der Waals surface area contributed by atoms with Crippen molar-refractivity contribution in [2.75, 3.05) is 9.80 Å². The third kappa shape index (κ3) is 9.83. The van der Waals surface area contributed by atoms with Crippen LogP contribution < -0.4 is 9.80 Å². The minimum absolute atomic E-state index is 0.156. The van der Waals surface area contributed by atoms with Crippen LogP contribution in [0.5, 0.6) is 0 Å². The predicted molar refractivity (Wildman–Crippen MR) is 453 cm³/mol. The van der Waals surface area contributed by atoms with Gasteiger partial charge in [-0.25, -0.2) is 0 Å². The van der Waals surface area contributed by atoms with E-state index in [1.807, 2.05) is 6.07 Å². The average molecular weight is 1380 g/mol. The molecule has 4 heteroatoms. The van der Waals surface area contributed by atoms with Crippen LogP contribution in [0.3, 0.4) is 0 Å². The molecule has 21 rings (SSSR count).